The van der Waals surface area contributed by atoms with Crippen LogP contribution in [0.3, 0.4) is 0 Å². The minimum Gasteiger partial charge on any atom is -0.287 e. The van der Waals surface area contributed by atoms with Gasteiger partial charge in [0.2, 0.25) is 0 Å². The molecule has 0 bridgehead atoms. The van der Waals surface area contributed by atoms with Gasteiger partial charge in [0.1, 0.15) is 0 Å². The van der Waals surface area contributed by atoms with Gasteiger partial charge >= 0.3 is 0 Å². The minimum atomic E-state index is -0.0270. The molecule has 0 atom stereocenters. The number of aromatic nitrogens is 1. The highest BCUT2D eigenvalue weighted by Gasteiger charge is 2.17. The molecular weight excluding hydrogens is 280 g/mol. The first-order chi connectivity index (χ1) is 10.0. The van der Waals surface area contributed by atoms with Crippen molar-refractivity contribution >= 4 is 32.6 Å². The van der Waals surface area contributed by atoms with Crippen LogP contribution in [0.1, 0.15) is 21.5 Å². The Hall–Kier alpha value is -2.20. The van der Waals surface area contributed by atoms with Crippen molar-refractivity contribution in [3.05, 3.63) is 59.2 Å². The van der Waals surface area contributed by atoms with Crippen molar-refractivity contribution in [3.8, 4) is 0 Å². The third kappa shape index (κ3) is 2.67. The van der Waals surface area contributed by atoms with Gasteiger partial charge in [0, 0.05) is 12.6 Å². The average Bonchev–Trinajstić information content (AvgIpc) is 2.88. The number of hydrogen-bond donors (Lipinski definition) is 0. The van der Waals surface area contributed by atoms with Crippen molar-refractivity contribution < 1.29 is 4.79 Å². The maximum atomic E-state index is 12.6. The summed E-state index contributed by atoms with van der Waals surface area (Å²) in [5.74, 6) is -0.0270. The van der Waals surface area contributed by atoms with Gasteiger partial charge in [0.05, 0.1) is 10.2 Å². The zero-order valence-electron chi connectivity index (χ0n) is 12.3. The lowest BCUT2D eigenvalue weighted by Gasteiger charge is -2.14. The summed E-state index contributed by atoms with van der Waals surface area (Å²) in [6.45, 7) is 4.00. The number of thiazole rings is 1. The van der Waals surface area contributed by atoms with Crippen molar-refractivity contribution in [2.75, 3.05) is 11.9 Å². The second-order valence-corrected chi connectivity index (χ2v) is 6.21. The zero-order valence-corrected chi connectivity index (χ0v) is 13.1. The molecule has 0 unspecified atom stereocenters. The molecule has 0 spiro atoms. The number of nitrogens with zero attached hydrogens (tertiary/aromatic N) is 2. The van der Waals surface area contributed by atoms with E-state index in [1.54, 1.807) is 11.9 Å². The monoisotopic (exact) mass is 296 g/mol. The van der Waals surface area contributed by atoms with Crippen LogP contribution in [0.5, 0.6) is 0 Å². The Morgan fingerprint density at radius 1 is 1.10 bits per heavy atom. The van der Waals surface area contributed by atoms with E-state index in [0.717, 1.165) is 26.5 Å². The van der Waals surface area contributed by atoms with Gasteiger partial charge in [0.25, 0.3) is 5.91 Å². The maximum absolute atomic E-state index is 12.6. The van der Waals surface area contributed by atoms with Gasteiger partial charge in [-0.25, -0.2) is 4.98 Å². The third-order valence-corrected chi connectivity index (χ3v) is 4.46. The van der Waals surface area contributed by atoms with Gasteiger partial charge in [-0.3, -0.25) is 9.69 Å². The van der Waals surface area contributed by atoms with E-state index >= 15 is 0 Å². The van der Waals surface area contributed by atoms with Crippen LogP contribution in [-0.4, -0.2) is 17.9 Å². The molecule has 4 heteroatoms. The lowest BCUT2D eigenvalue weighted by molar-refractivity contribution is 0.0993. The molecule has 3 nitrogen and oxygen atoms in total. The van der Waals surface area contributed by atoms with Gasteiger partial charge in [-0.15, -0.1) is 0 Å². The van der Waals surface area contributed by atoms with Gasteiger partial charge in [0.15, 0.2) is 5.13 Å². The molecule has 0 aliphatic carbocycles. The van der Waals surface area contributed by atoms with Crippen LogP contribution in [0.15, 0.2) is 42.5 Å². The van der Waals surface area contributed by atoms with E-state index in [2.05, 4.69) is 11.1 Å². The van der Waals surface area contributed by atoms with Crippen molar-refractivity contribution in [1.29, 1.82) is 0 Å². The van der Waals surface area contributed by atoms with E-state index in [-0.39, 0.29) is 5.91 Å². The molecule has 0 aliphatic rings. The molecule has 0 N–H and O–H groups in total. The Balaban J connectivity index is 1.96. The number of amides is 1. The summed E-state index contributed by atoms with van der Waals surface area (Å²) in [4.78, 5) is 18.8. The summed E-state index contributed by atoms with van der Waals surface area (Å²) in [5, 5.41) is 0.723. The number of rotatable bonds is 2. The summed E-state index contributed by atoms with van der Waals surface area (Å²) in [6, 6.07) is 13.8. The van der Waals surface area contributed by atoms with E-state index in [0.29, 0.717) is 5.56 Å². The van der Waals surface area contributed by atoms with Crippen molar-refractivity contribution in [1.82, 2.24) is 4.98 Å². The molecule has 1 heterocycles. The first kappa shape index (κ1) is 13.8. The van der Waals surface area contributed by atoms with Crippen LogP contribution in [0.4, 0.5) is 5.13 Å². The minimum absolute atomic E-state index is 0.0270. The molecule has 21 heavy (non-hydrogen) atoms. The molecule has 0 aliphatic heterocycles. The molecule has 0 saturated carbocycles. The summed E-state index contributed by atoms with van der Waals surface area (Å²) in [7, 11) is 1.78. The van der Waals surface area contributed by atoms with Crippen LogP contribution >= 0.6 is 11.3 Å². The van der Waals surface area contributed by atoms with E-state index in [4.69, 9.17) is 0 Å². The first-order valence-electron chi connectivity index (χ1n) is 6.76. The maximum Gasteiger partial charge on any atom is 0.259 e. The average molecular weight is 296 g/mol. The summed E-state index contributed by atoms with van der Waals surface area (Å²) in [6.07, 6.45) is 0. The van der Waals surface area contributed by atoms with E-state index in [1.807, 2.05) is 50.2 Å². The van der Waals surface area contributed by atoms with Gasteiger partial charge in [-0.2, -0.15) is 0 Å². The zero-order chi connectivity index (χ0) is 15.0. The van der Waals surface area contributed by atoms with Crippen LogP contribution < -0.4 is 4.90 Å². The number of carbonyl (C=O) groups excluding carboxylic acids is 1. The topological polar surface area (TPSA) is 33.2 Å². The number of aryl methyl sites for hydroxylation is 2. The fourth-order valence-corrected chi connectivity index (χ4v) is 3.31. The number of carbonyl (C=O) groups is 1. The first-order valence-corrected chi connectivity index (χ1v) is 7.58. The molecule has 0 radical (unpaired) electrons. The number of fused-ring (bicyclic) bond motifs is 1. The molecule has 0 saturated heterocycles. The second kappa shape index (κ2) is 5.30. The molecule has 2 aromatic carbocycles. The Labute approximate surface area is 127 Å². The Morgan fingerprint density at radius 2 is 1.76 bits per heavy atom. The highest BCUT2D eigenvalue weighted by Crippen LogP contribution is 2.28. The molecule has 3 rings (SSSR count). The Kier molecular flexibility index (Phi) is 3.47. The molecule has 3 aromatic rings. The van der Waals surface area contributed by atoms with Crippen LogP contribution in [0, 0.1) is 13.8 Å². The van der Waals surface area contributed by atoms with Crippen molar-refractivity contribution in [2.45, 2.75) is 13.8 Å². The second-order valence-electron chi connectivity index (χ2n) is 5.20. The quantitative estimate of drug-likeness (QED) is 0.710. The Morgan fingerprint density at radius 3 is 2.43 bits per heavy atom. The third-order valence-electron chi connectivity index (χ3n) is 3.34. The standard InChI is InChI=1S/C17H16N2OS/c1-11-8-12(2)10-13(9-11)16(20)19(3)17-18-14-6-4-5-7-15(14)21-17/h4-10H,1-3H3. The number of hydrogen-bond acceptors (Lipinski definition) is 3. The van der Waals surface area contributed by atoms with Crippen LogP contribution in [0.2, 0.25) is 0 Å². The smallest absolute Gasteiger partial charge is 0.259 e. The van der Waals surface area contributed by atoms with E-state index in [9.17, 15) is 4.79 Å². The lowest BCUT2D eigenvalue weighted by Crippen LogP contribution is -2.26. The van der Waals surface area contributed by atoms with Crippen molar-refractivity contribution in [2.24, 2.45) is 0 Å². The molecule has 0 fully saturated rings. The van der Waals surface area contributed by atoms with Gasteiger partial charge < -0.3 is 0 Å². The summed E-state index contributed by atoms with van der Waals surface area (Å²) >= 11 is 1.53. The normalized spacial score (nSPS) is 10.8. The largest absolute Gasteiger partial charge is 0.287 e. The predicted octanol–water partition coefficient (Wildman–Crippen LogP) is 4.19. The lowest BCUT2D eigenvalue weighted by atomic mass is 10.1. The summed E-state index contributed by atoms with van der Waals surface area (Å²) < 4.78 is 1.09. The number of para-hydroxylation sites is 1. The van der Waals surface area contributed by atoms with E-state index < -0.39 is 0 Å². The molecule has 1 aromatic heterocycles. The Bertz CT molecular complexity index is 769. The highest BCUT2D eigenvalue weighted by atomic mass is 32.1. The fraction of sp³-hybridized carbons (Fsp3) is 0.176. The molecular formula is C17H16N2OS. The fourth-order valence-electron chi connectivity index (χ4n) is 2.38. The van der Waals surface area contributed by atoms with Crippen LogP contribution in [-0.2, 0) is 0 Å². The van der Waals surface area contributed by atoms with Crippen LogP contribution in [0.25, 0.3) is 10.2 Å². The summed E-state index contributed by atoms with van der Waals surface area (Å²) in [5.41, 5.74) is 3.82. The predicted molar refractivity (Wildman–Crippen MR) is 88.3 cm³/mol. The van der Waals surface area contributed by atoms with Gasteiger partial charge in [-0.05, 0) is 38.1 Å². The molecule has 1 amide bonds. The number of anilines is 1. The van der Waals surface area contributed by atoms with Gasteiger partial charge in [-0.1, -0.05) is 40.7 Å². The molecule has 106 valence electrons. The number of benzene rings is 2. The SMILES string of the molecule is Cc1cc(C)cc(C(=O)N(C)c2nc3ccccc3s2)c1. The van der Waals surface area contributed by atoms with E-state index in [1.165, 1.54) is 11.3 Å². The highest BCUT2D eigenvalue weighted by molar-refractivity contribution is 7.22. The van der Waals surface area contributed by atoms with Crippen molar-refractivity contribution in [3.63, 3.8) is 0 Å².